The van der Waals surface area contributed by atoms with Crippen LogP contribution in [-0.4, -0.2) is 18.8 Å². The lowest BCUT2D eigenvalue weighted by Gasteiger charge is -2.07. The van der Waals surface area contributed by atoms with Crippen LogP contribution in [0.4, 0.5) is 0 Å². The third-order valence-electron chi connectivity index (χ3n) is 2.76. The van der Waals surface area contributed by atoms with Gasteiger partial charge in [-0.3, -0.25) is 0 Å². The lowest BCUT2D eigenvalue weighted by molar-refractivity contribution is 0.635. The van der Waals surface area contributed by atoms with Crippen LogP contribution >= 0.6 is 11.8 Å². The molecule has 0 aliphatic carbocycles. The largest absolute Gasteiger partial charge is 0.317 e. The first-order valence-corrected chi connectivity index (χ1v) is 7.63. The van der Waals surface area contributed by atoms with Crippen molar-refractivity contribution in [3.63, 3.8) is 0 Å². The predicted octanol–water partition coefficient (Wildman–Crippen LogP) is 4.18. The van der Waals surface area contributed by atoms with Crippen molar-refractivity contribution in [3.05, 3.63) is 29.3 Å². The van der Waals surface area contributed by atoms with Gasteiger partial charge >= 0.3 is 0 Å². The molecular formula is C15H25NS. The number of aryl methyl sites for hydroxylation is 2. The SMILES string of the molecule is CCCNCCCCSc1ccc(C)cc1C. The van der Waals surface area contributed by atoms with Crippen LogP contribution < -0.4 is 5.32 Å². The normalized spacial score (nSPS) is 10.8. The summed E-state index contributed by atoms with van der Waals surface area (Å²) in [6, 6.07) is 6.73. The molecule has 1 N–H and O–H groups in total. The topological polar surface area (TPSA) is 12.0 Å². The average molecular weight is 251 g/mol. The van der Waals surface area contributed by atoms with Crippen molar-refractivity contribution in [2.75, 3.05) is 18.8 Å². The zero-order valence-corrected chi connectivity index (χ0v) is 12.2. The van der Waals surface area contributed by atoms with E-state index in [1.807, 2.05) is 11.8 Å². The summed E-state index contributed by atoms with van der Waals surface area (Å²) in [6.07, 6.45) is 3.82. The van der Waals surface area contributed by atoms with E-state index in [9.17, 15) is 0 Å². The van der Waals surface area contributed by atoms with Crippen molar-refractivity contribution in [2.24, 2.45) is 0 Å². The molecule has 17 heavy (non-hydrogen) atoms. The number of rotatable bonds is 8. The van der Waals surface area contributed by atoms with E-state index in [1.54, 1.807) is 0 Å². The third kappa shape index (κ3) is 6.13. The minimum absolute atomic E-state index is 1.16. The second-order valence-electron chi connectivity index (χ2n) is 4.57. The van der Waals surface area contributed by atoms with Crippen molar-refractivity contribution < 1.29 is 0 Å². The van der Waals surface area contributed by atoms with Gasteiger partial charge in [0.2, 0.25) is 0 Å². The minimum Gasteiger partial charge on any atom is -0.317 e. The summed E-state index contributed by atoms with van der Waals surface area (Å²) in [5, 5.41) is 3.44. The highest BCUT2D eigenvalue weighted by Crippen LogP contribution is 2.23. The highest BCUT2D eigenvalue weighted by atomic mass is 32.2. The van der Waals surface area contributed by atoms with Gasteiger partial charge in [0.05, 0.1) is 0 Å². The van der Waals surface area contributed by atoms with E-state index in [0.29, 0.717) is 0 Å². The summed E-state index contributed by atoms with van der Waals surface area (Å²) in [5.41, 5.74) is 2.77. The molecule has 0 unspecified atom stereocenters. The van der Waals surface area contributed by atoms with Gasteiger partial charge in [-0.25, -0.2) is 0 Å². The Morgan fingerprint density at radius 2 is 1.94 bits per heavy atom. The van der Waals surface area contributed by atoms with E-state index in [0.717, 1.165) is 6.54 Å². The van der Waals surface area contributed by atoms with Crippen molar-refractivity contribution in [2.45, 2.75) is 44.9 Å². The van der Waals surface area contributed by atoms with Crippen molar-refractivity contribution in [3.8, 4) is 0 Å². The zero-order chi connectivity index (χ0) is 12.5. The first-order valence-electron chi connectivity index (χ1n) is 6.65. The fourth-order valence-electron chi connectivity index (χ4n) is 1.80. The zero-order valence-electron chi connectivity index (χ0n) is 11.4. The second kappa shape index (κ2) is 8.60. The van der Waals surface area contributed by atoms with Crippen LogP contribution in [0.25, 0.3) is 0 Å². The lowest BCUT2D eigenvalue weighted by Crippen LogP contribution is -2.15. The highest BCUT2D eigenvalue weighted by Gasteiger charge is 1.99. The Balaban J connectivity index is 2.14. The fourth-order valence-corrected chi connectivity index (χ4v) is 2.82. The monoisotopic (exact) mass is 251 g/mol. The molecule has 0 saturated heterocycles. The molecule has 0 saturated carbocycles. The van der Waals surface area contributed by atoms with Gasteiger partial charge in [-0.1, -0.05) is 24.6 Å². The Morgan fingerprint density at radius 1 is 1.12 bits per heavy atom. The van der Waals surface area contributed by atoms with Gasteiger partial charge in [-0.2, -0.15) is 0 Å². The van der Waals surface area contributed by atoms with Crippen molar-refractivity contribution in [1.29, 1.82) is 0 Å². The van der Waals surface area contributed by atoms with Crippen LogP contribution in [0.1, 0.15) is 37.3 Å². The number of nitrogens with one attached hydrogen (secondary N) is 1. The van der Waals surface area contributed by atoms with E-state index < -0.39 is 0 Å². The van der Waals surface area contributed by atoms with Crippen LogP contribution in [-0.2, 0) is 0 Å². The second-order valence-corrected chi connectivity index (χ2v) is 5.71. The average Bonchev–Trinajstić information content (AvgIpc) is 2.30. The summed E-state index contributed by atoms with van der Waals surface area (Å²) in [7, 11) is 0. The van der Waals surface area contributed by atoms with E-state index in [4.69, 9.17) is 0 Å². The van der Waals surface area contributed by atoms with Gasteiger partial charge in [0, 0.05) is 4.90 Å². The fraction of sp³-hybridized carbons (Fsp3) is 0.600. The summed E-state index contributed by atoms with van der Waals surface area (Å²) >= 11 is 1.99. The molecule has 1 rings (SSSR count). The van der Waals surface area contributed by atoms with Gasteiger partial charge in [0.1, 0.15) is 0 Å². The molecule has 1 aromatic carbocycles. The maximum atomic E-state index is 3.44. The summed E-state index contributed by atoms with van der Waals surface area (Å²) in [6.45, 7) is 8.90. The van der Waals surface area contributed by atoms with Gasteiger partial charge in [-0.15, -0.1) is 11.8 Å². The summed E-state index contributed by atoms with van der Waals surface area (Å²) in [5.74, 6) is 1.23. The number of unbranched alkanes of at least 4 members (excludes halogenated alkanes) is 1. The molecule has 0 aliphatic heterocycles. The molecule has 0 atom stereocenters. The van der Waals surface area contributed by atoms with Gasteiger partial charge in [0.15, 0.2) is 0 Å². The van der Waals surface area contributed by atoms with Crippen LogP contribution in [0.15, 0.2) is 23.1 Å². The molecular weight excluding hydrogens is 226 g/mol. The highest BCUT2D eigenvalue weighted by molar-refractivity contribution is 7.99. The Morgan fingerprint density at radius 3 is 2.65 bits per heavy atom. The first kappa shape index (κ1) is 14.6. The quantitative estimate of drug-likeness (QED) is 0.549. The van der Waals surface area contributed by atoms with E-state index in [1.165, 1.54) is 47.6 Å². The van der Waals surface area contributed by atoms with E-state index in [-0.39, 0.29) is 0 Å². The molecule has 0 aliphatic rings. The number of hydrogen-bond acceptors (Lipinski definition) is 2. The maximum Gasteiger partial charge on any atom is 0.0101 e. The molecule has 96 valence electrons. The predicted molar refractivity (Wildman–Crippen MR) is 79.0 cm³/mol. The molecule has 2 heteroatoms. The maximum absolute atomic E-state index is 3.44. The van der Waals surface area contributed by atoms with Gasteiger partial charge in [0.25, 0.3) is 0 Å². The number of hydrogen-bond donors (Lipinski definition) is 1. The number of thioether (sulfide) groups is 1. The molecule has 0 spiro atoms. The summed E-state index contributed by atoms with van der Waals surface area (Å²) < 4.78 is 0. The van der Waals surface area contributed by atoms with Crippen LogP contribution in [0.3, 0.4) is 0 Å². The van der Waals surface area contributed by atoms with Crippen molar-refractivity contribution >= 4 is 11.8 Å². The standard InChI is InChI=1S/C15H25NS/c1-4-9-16-10-5-6-11-17-15-8-7-13(2)12-14(15)3/h7-8,12,16H,4-6,9-11H2,1-3H3. The molecule has 0 bridgehead atoms. The Hall–Kier alpha value is -0.470. The Bertz CT molecular complexity index is 323. The minimum atomic E-state index is 1.16. The molecule has 0 amide bonds. The van der Waals surface area contributed by atoms with E-state index >= 15 is 0 Å². The molecule has 0 heterocycles. The van der Waals surface area contributed by atoms with Crippen molar-refractivity contribution in [1.82, 2.24) is 5.32 Å². The molecule has 0 fully saturated rings. The van der Waals surface area contributed by atoms with Crippen LogP contribution in [0.5, 0.6) is 0 Å². The summed E-state index contributed by atoms with van der Waals surface area (Å²) in [4.78, 5) is 1.44. The van der Waals surface area contributed by atoms with E-state index in [2.05, 4.69) is 44.3 Å². The Labute approximate surface area is 110 Å². The smallest absolute Gasteiger partial charge is 0.0101 e. The van der Waals surface area contributed by atoms with Crippen LogP contribution in [0.2, 0.25) is 0 Å². The van der Waals surface area contributed by atoms with Gasteiger partial charge in [-0.05, 0) is 63.6 Å². The first-order chi connectivity index (χ1) is 8.24. The van der Waals surface area contributed by atoms with Gasteiger partial charge < -0.3 is 5.32 Å². The Kier molecular flexibility index (Phi) is 7.38. The molecule has 1 aromatic rings. The molecule has 0 radical (unpaired) electrons. The van der Waals surface area contributed by atoms with Crippen LogP contribution in [0, 0.1) is 13.8 Å². The molecule has 1 nitrogen and oxygen atoms in total. The number of benzene rings is 1. The molecule has 0 aromatic heterocycles. The third-order valence-corrected chi connectivity index (χ3v) is 4.02. The lowest BCUT2D eigenvalue weighted by atomic mass is 10.2.